The van der Waals surface area contributed by atoms with Crippen LogP contribution in [0, 0.1) is 0 Å². The first-order valence-electron chi connectivity index (χ1n) is 6.15. The van der Waals surface area contributed by atoms with Crippen molar-refractivity contribution in [3.63, 3.8) is 0 Å². The molecule has 18 heavy (non-hydrogen) atoms. The first kappa shape index (κ1) is 12.6. The summed E-state index contributed by atoms with van der Waals surface area (Å²) in [5.74, 6) is -1.22. The lowest BCUT2D eigenvalue weighted by molar-refractivity contribution is -0.138. The molecule has 4 heteroatoms. The quantitative estimate of drug-likeness (QED) is 0.892. The van der Waals surface area contributed by atoms with Crippen LogP contribution in [-0.2, 0) is 9.59 Å². The van der Waals surface area contributed by atoms with Gasteiger partial charge < -0.3 is 10.0 Å². The molecule has 0 saturated carbocycles. The monoisotopic (exact) mass is 247 g/mol. The third-order valence-corrected chi connectivity index (χ3v) is 3.53. The Morgan fingerprint density at radius 3 is 2.44 bits per heavy atom. The highest BCUT2D eigenvalue weighted by Gasteiger charge is 2.28. The van der Waals surface area contributed by atoms with Gasteiger partial charge in [-0.3, -0.25) is 9.59 Å². The molecular weight excluding hydrogens is 230 g/mol. The van der Waals surface area contributed by atoms with Gasteiger partial charge in [-0.1, -0.05) is 12.1 Å². The fourth-order valence-electron chi connectivity index (χ4n) is 2.29. The molecule has 1 saturated heterocycles. The molecule has 4 nitrogen and oxygen atoms in total. The standard InChI is InChI=1S/C14H17NO3/c1-9-3-8-13(16)15(9)12-6-4-11(5-7-12)10(2)14(17)18/h4-7,9-10H,3,8H2,1-2H3,(H,17,18). The Balaban J connectivity index is 2.22. The molecule has 2 rings (SSSR count). The zero-order valence-electron chi connectivity index (χ0n) is 10.6. The highest BCUT2D eigenvalue weighted by molar-refractivity contribution is 5.96. The summed E-state index contributed by atoms with van der Waals surface area (Å²) in [5.41, 5.74) is 1.61. The van der Waals surface area contributed by atoms with Gasteiger partial charge in [0.2, 0.25) is 5.91 Å². The maximum atomic E-state index is 11.7. The van der Waals surface area contributed by atoms with Crippen molar-refractivity contribution >= 4 is 17.6 Å². The summed E-state index contributed by atoms with van der Waals surface area (Å²) in [6.45, 7) is 3.68. The Hall–Kier alpha value is -1.84. The molecule has 1 aliphatic heterocycles. The predicted octanol–water partition coefficient (Wildman–Crippen LogP) is 2.39. The Bertz CT molecular complexity index is 466. The zero-order valence-corrected chi connectivity index (χ0v) is 10.6. The lowest BCUT2D eigenvalue weighted by Gasteiger charge is -2.22. The average molecular weight is 247 g/mol. The third-order valence-electron chi connectivity index (χ3n) is 3.53. The van der Waals surface area contributed by atoms with Crippen molar-refractivity contribution in [2.75, 3.05) is 4.90 Å². The van der Waals surface area contributed by atoms with Gasteiger partial charge in [-0.2, -0.15) is 0 Å². The third kappa shape index (κ3) is 2.23. The number of rotatable bonds is 3. The van der Waals surface area contributed by atoms with Crippen molar-refractivity contribution in [1.29, 1.82) is 0 Å². The molecule has 1 fully saturated rings. The van der Waals surface area contributed by atoms with Gasteiger partial charge in [-0.05, 0) is 38.0 Å². The van der Waals surface area contributed by atoms with Crippen LogP contribution in [0.15, 0.2) is 24.3 Å². The zero-order chi connectivity index (χ0) is 13.3. The molecule has 2 atom stereocenters. The summed E-state index contributed by atoms with van der Waals surface area (Å²) in [6, 6.07) is 7.45. The van der Waals surface area contributed by atoms with E-state index < -0.39 is 11.9 Å². The van der Waals surface area contributed by atoms with E-state index >= 15 is 0 Å². The molecule has 1 amide bonds. The SMILES string of the molecule is CC(C(=O)O)c1ccc(N2C(=O)CCC2C)cc1. The molecule has 0 spiro atoms. The van der Waals surface area contributed by atoms with E-state index in [0.29, 0.717) is 6.42 Å². The number of amides is 1. The van der Waals surface area contributed by atoms with Crippen LogP contribution in [0.25, 0.3) is 0 Å². The number of anilines is 1. The minimum Gasteiger partial charge on any atom is -0.481 e. The van der Waals surface area contributed by atoms with Crippen molar-refractivity contribution in [2.45, 2.75) is 38.6 Å². The van der Waals surface area contributed by atoms with E-state index in [-0.39, 0.29) is 11.9 Å². The first-order chi connectivity index (χ1) is 8.50. The van der Waals surface area contributed by atoms with Gasteiger partial charge in [0.15, 0.2) is 0 Å². The topological polar surface area (TPSA) is 57.6 Å². The number of carboxylic acids is 1. The van der Waals surface area contributed by atoms with Gasteiger partial charge >= 0.3 is 5.97 Å². The molecule has 0 aliphatic carbocycles. The van der Waals surface area contributed by atoms with Gasteiger partial charge in [-0.25, -0.2) is 0 Å². The van der Waals surface area contributed by atoms with Crippen LogP contribution in [0.2, 0.25) is 0 Å². The Labute approximate surface area is 106 Å². The van der Waals surface area contributed by atoms with Crippen molar-refractivity contribution in [2.24, 2.45) is 0 Å². The number of hydrogen-bond donors (Lipinski definition) is 1. The molecule has 1 heterocycles. The Morgan fingerprint density at radius 1 is 1.39 bits per heavy atom. The number of carbonyl (C=O) groups excluding carboxylic acids is 1. The fourth-order valence-corrected chi connectivity index (χ4v) is 2.29. The summed E-state index contributed by atoms with van der Waals surface area (Å²) >= 11 is 0. The summed E-state index contributed by atoms with van der Waals surface area (Å²) in [6.07, 6.45) is 1.47. The molecule has 1 aromatic rings. The van der Waals surface area contributed by atoms with Crippen LogP contribution in [0.5, 0.6) is 0 Å². The van der Waals surface area contributed by atoms with E-state index in [1.54, 1.807) is 24.0 Å². The summed E-state index contributed by atoms with van der Waals surface area (Å²) < 4.78 is 0. The number of hydrogen-bond acceptors (Lipinski definition) is 2. The lowest BCUT2D eigenvalue weighted by Crippen LogP contribution is -2.30. The number of benzene rings is 1. The molecule has 0 bridgehead atoms. The van der Waals surface area contributed by atoms with Gasteiger partial charge in [0, 0.05) is 18.2 Å². The number of carboxylic acid groups (broad SMARTS) is 1. The van der Waals surface area contributed by atoms with Crippen LogP contribution < -0.4 is 4.90 Å². The van der Waals surface area contributed by atoms with E-state index in [4.69, 9.17) is 5.11 Å². The minimum atomic E-state index is -0.839. The second kappa shape index (κ2) is 4.80. The van der Waals surface area contributed by atoms with Crippen LogP contribution in [0.4, 0.5) is 5.69 Å². The van der Waals surface area contributed by atoms with E-state index in [1.165, 1.54) is 0 Å². The highest BCUT2D eigenvalue weighted by atomic mass is 16.4. The molecule has 96 valence electrons. The normalized spacial score (nSPS) is 21.1. The Morgan fingerprint density at radius 2 is 2.00 bits per heavy atom. The average Bonchev–Trinajstić information content (AvgIpc) is 2.68. The molecule has 0 aromatic heterocycles. The van der Waals surface area contributed by atoms with Crippen molar-refractivity contribution in [3.05, 3.63) is 29.8 Å². The second-order valence-corrected chi connectivity index (χ2v) is 4.80. The first-order valence-corrected chi connectivity index (χ1v) is 6.15. The maximum Gasteiger partial charge on any atom is 0.310 e. The second-order valence-electron chi connectivity index (χ2n) is 4.80. The highest BCUT2D eigenvalue weighted by Crippen LogP contribution is 2.27. The van der Waals surface area contributed by atoms with E-state index in [0.717, 1.165) is 17.7 Å². The van der Waals surface area contributed by atoms with E-state index in [9.17, 15) is 9.59 Å². The molecule has 0 radical (unpaired) electrons. The summed E-state index contributed by atoms with van der Waals surface area (Å²) in [7, 11) is 0. The van der Waals surface area contributed by atoms with Crippen molar-refractivity contribution in [3.8, 4) is 0 Å². The van der Waals surface area contributed by atoms with Gasteiger partial charge in [-0.15, -0.1) is 0 Å². The predicted molar refractivity (Wildman–Crippen MR) is 68.7 cm³/mol. The van der Waals surface area contributed by atoms with E-state index in [2.05, 4.69) is 0 Å². The molecule has 1 N–H and O–H groups in total. The summed E-state index contributed by atoms with van der Waals surface area (Å²) in [4.78, 5) is 24.4. The molecule has 2 unspecified atom stereocenters. The number of aliphatic carboxylic acids is 1. The van der Waals surface area contributed by atoms with Crippen LogP contribution in [0.1, 0.15) is 38.2 Å². The fraction of sp³-hybridized carbons (Fsp3) is 0.429. The largest absolute Gasteiger partial charge is 0.481 e. The van der Waals surface area contributed by atoms with Gasteiger partial charge in [0.1, 0.15) is 0 Å². The van der Waals surface area contributed by atoms with Crippen LogP contribution in [-0.4, -0.2) is 23.0 Å². The maximum absolute atomic E-state index is 11.7. The number of nitrogens with zero attached hydrogens (tertiary/aromatic N) is 1. The van der Waals surface area contributed by atoms with E-state index in [1.807, 2.05) is 19.1 Å². The lowest BCUT2D eigenvalue weighted by atomic mass is 10.0. The van der Waals surface area contributed by atoms with Gasteiger partial charge in [0.05, 0.1) is 5.92 Å². The smallest absolute Gasteiger partial charge is 0.310 e. The molecular formula is C14H17NO3. The summed E-state index contributed by atoms with van der Waals surface area (Å²) in [5, 5.41) is 8.94. The van der Waals surface area contributed by atoms with Crippen molar-refractivity contribution < 1.29 is 14.7 Å². The van der Waals surface area contributed by atoms with Crippen LogP contribution in [0.3, 0.4) is 0 Å². The number of carbonyl (C=O) groups is 2. The van der Waals surface area contributed by atoms with Gasteiger partial charge in [0.25, 0.3) is 0 Å². The van der Waals surface area contributed by atoms with Crippen molar-refractivity contribution in [1.82, 2.24) is 0 Å². The molecule has 1 aromatic carbocycles. The molecule has 1 aliphatic rings. The minimum absolute atomic E-state index is 0.140. The Kier molecular flexibility index (Phi) is 3.36. The van der Waals surface area contributed by atoms with Crippen LogP contribution >= 0.6 is 0 Å².